The van der Waals surface area contributed by atoms with Crippen LogP contribution in [0.4, 0.5) is 5.69 Å². The number of anilines is 1. The Morgan fingerprint density at radius 1 is 0.828 bits per heavy atom. The number of hydrogen-bond acceptors (Lipinski definition) is 4. The van der Waals surface area contributed by atoms with E-state index in [4.69, 9.17) is 9.47 Å². The number of amides is 1. The van der Waals surface area contributed by atoms with Crippen LogP contribution in [-0.4, -0.2) is 24.9 Å². The van der Waals surface area contributed by atoms with Crippen LogP contribution in [0.5, 0.6) is 11.5 Å². The number of ketones is 1. The summed E-state index contributed by atoms with van der Waals surface area (Å²) in [5, 5.41) is 2.85. The van der Waals surface area contributed by atoms with Gasteiger partial charge in [-0.15, -0.1) is 0 Å². The van der Waals surface area contributed by atoms with Gasteiger partial charge in [-0.2, -0.15) is 0 Å². The van der Waals surface area contributed by atoms with Crippen LogP contribution < -0.4 is 14.8 Å². The van der Waals surface area contributed by atoms with Crippen molar-refractivity contribution in [1.82, 2.24) is 0 Å². The van der Waals surface area contributed by atoms with E-state index >= 15 is 0 Å². The first-order chi connectivity index (χ1) is 14.0. The smallest absolute Gasteiger partial charge is 0.256 e. The first-order valence-electron chi connectivity index (χ1n) is 8.83. The Bertz CT molecular complexity index is 1100. The lowest BCUT2D eigenvalue weighted by atomic mass is 10.0. The molecule has 3 aromatic rings. The monoisotopic (exact) mass is 515 g/mol. The molecular formula is C22H15Br2NO4. The zero-order valence-corrected chi connectivity index (χ0v) is 18.2. The molecule has 0 saturated carbocycles. The minimum atomic E-state index is -0.334. The molecule has 0 saturated heterocycles. The van der Waals surface area contributed by atoms with E-state index in [2.05, 4.69) is 37.2 Å². The number of carbonyl (C=O) groups is 2. The van der Waals surface area contributed by atoms with Crippen molar-refractivity contribution < 1.29 is 19.1 Å². The molecule has 0 bridgehead atoms. The summed E-state index contributed by atoms with van der Waals surface area (Å²) in [6.45, 7) is 0.812. The van der Waals surface area contributed by atoms with E-state index in [-0.39, 0.29) is 11.7 Å². The number of nitrogens with one attached hydrogen (secondary N) is 1. The first kappa shape index (κ1) is 19.7. The highest BCUT2D eigenvalue weighted by Gasteiger charge is 2.22. The van der Waals surface area contributed by atoms with Gasteiger partial charge >= 0.3 is 0 Å². The number of benzene rings is 3. The molecule has 4 rings (SSSR count). The quantitative estimate of drug-likeness (QED) is 0.467. The average Bonchev–Trinajstić information content (AvgIpc) is 2.73. The van der Waals surface area contributed by atoms with Crippen molar-refractivity contribution in [2.75, 3.05) is 18.5 Å². The second kappa shape index (κ2) is 8.39. The standard InChI is InChI=1S/C22H15Br2NO4/c23-14-7-5-13(6-8-14)21(26)16-11-19-20(29-10-9-28-19)12-18(16)25-22(27)15-3-1-2-4-17(15)24/h1-8,11-12H,9-10H2,(H,25,27). The van der Waals surface area contributed by atoms with Gasteiger partial charge in [-0.3, -0.25) is 9.59 Å². The Morgan fingerprint density at radius 2 is 1.48 bits per heavy atom. The molecule has 146 valence electrons. The van der Waals surface area contributed by atoms with Crippen molar-refractivity contribution in [2.45, 2.75) is 0 Å². The van der Waals surface area contributed by atoms with Crippen molar-refractivity contribution in [3.8, 4) is 11.5 Å². The number of halogens is 2. The summed E-state index contributed by atoms with van der Waals surface area (Å²) < 4.78 is 12.8. The summed E-state index contributed by atoms with van der Waals surface area (Å²) >= 11 is 6.76. The molecule has 0 radical (unpaired) electrons. The largest absolute Gasteiger partial charge is 0.486 e. The van der Waals surface area contributed by atoms with Crippen LogP contribution in [0, 0.1) is 0 Å². The van der Waals surface area contributed by atoms with E-state index in [1.807, 2.05) is 6.07 Å². The van der Waals surface area contributed by atoms with Crippen LogP contribution in [0.2, 0.25) is 0 Å². The highest BCUT2D eigenvalue weighted by molar-refractivity contribution is 9.10. The molecule has 5 nitrogen and oxygen atoms in total. The van der Waals surface area contributed by atoms with Crippen molar-refractivity contribution in [3.05, 3.63) is 86.3 Å². The molecule has 1 aliphatic heterocycles. The Labute approximate surface area is 184 Å². The number of ether oxygens (including phenoxy) is 2. The first-order valence-corrected chi connectivity index (χ1v) is 10.4. The lowest BCUT2D eigenvalue weighted by Crippen LogP contribution is -2.19. The SMILES string of the molecule is O=C(Nc1cc2c(cc1C(=O)c1ccc(Br)cc1)OCCO2)c1ccccc1Br. The molecule has 1 N–H and O–H groups in total. The third-order valence-electron chi connectivity index (χ3n) is 4.40. The Balaban J connectivity index is 1.75. The molecule has 1 heterocycles. The van der Waals surface area contributed by atoms with E-state index < -0.39 is 0 Å². The molecular weight excluding hydrogens is 502 g/mol. The summed E-state index contributed by atoms with van der Waals surface area (Å²) in [5.41, 5.74) is 1.66. The van der Waals surface area contributed by atoms with E-state index in [1.165, 1.54) is 0 Å². The van der Waals surface area contributed by atoms with Crippen LogP contribution in [0.25, 0.3) is 0 Å². The van der Waals surface area contributed by atoms with E-state index in [9.17, 15) is 9.59 Å². The molecule has 7 heteroatoms. The Morgan fingerprint density at radius 3 is 2.17 bits per heavy atom. The molecule has 1 amide bonds. The van der Waals surface area contributed by atoms with Crippen molar-refractivity contribution in [1.29, 1.82) is 0 Å². The highest BCUT2D eigenvalue weighted by atomic mass is 79.9. The predicted molar refractivity (Wildman–Crippen MR) is 117 cm³/mol. The van der Waals surface area contributed by atoms with Crippen LogP contribution in [0.1, 0.15) is 26.3 Å². The van der Waals surface area contributed by atoms with Gasteiger partial charge in [-0.1, -0.05) is 28.1 Å². The number of fused-ring (bicyclic) bond motifs is 1. The maximum Gasteiger partial charge on any atom is 0.256 e. The Hall–Kier alpha value is -2.64. The fraction of sp³-hybridized carbons (Fsp3) is 0.0909. The summed E-state index contributed by atoms with van der Waals surface area (Å²) in [4.78, 5) is 26.0. The molecule has 0 unspecified atom stereocenters. The van der Waals surface area contributed by atoms with Crippen molar-refractivity contribution in [2.24, 2.45) is 0 Å². The fourth-order valence-electron chi connectivity index (χ4n) is 2.97. The highest BCUT2D eigenvalue weighted by Crippen LogP contribution is 2.37. The third kappa shape index (κ3) is 4.21. The molecule has 0 fully saturated rings. The van der Waals surface area contributed by atoms with Gasteiger partial charge in [0.05, 0.1) is 16.8 Å². The average molecular weight is 517 g/mol. The van der Waals surface area contributed by atoms with E-state index in [0.717, 1.165) is 4.47 Å². The lowest BCUT2D eigenvalue weighted by molar-refractivity contribution is 0.102. The molecule has 29 heavy (non-hydrogen) atoms. The van der Waals surface area contributed by atoms with Gasteiger partial charge in [0.2, 0.25) is 0 Å². The number of carbonyl (C=O) groups excluding carboxylic acids is 2. The van der Waals surface area contributed by atoms with E-state index in [1.54, 1.807) is 54.6 Å². The molecule has 1 aliphatic rings. The zero-order chi connectivity index (χ0) is 20.4. The summed E-state index contributed by atoms with van der Waals surface area (Å²) in [6.07, 6.45) is 0. The zero-order valence-electron chi connectivity index (χ0n) is 15.1. The molecule has 0 spiro atoms. The van der Waals surface area contributed by atoms with Gasteiger partial charge < -0.3 is 14.8 Å². The molecule has 0 aliphatic carbocycles. The second-order valence-electron chi connectivity index (χ2n) is 6.31. The number of hydrogen-bond donors (Lipinski definition) is 1. The van der Waals surface area contributed by atoms with Gasteiger partial charge in [0.15, 0.2) is 17.3 Å². The summed E-state index contributed by atoms with van der Waals surface area (Å²) in [5.74, 6) is 0.414. The maximum absolute atomic E-state index is 13.2. The normalized spacial score (nSPS) is 12.3. The Kier molecular flexibility index (Phi) is 5.69. The van der Waals surface area contributed by atoms with Gasteiger partial charge in [0, 0.05) is 20.6 Å². The topological polar surface area (TPSA) is 64.6 Å². The van der Waals surface area contributed by atoms with Crippen LogP contribution in [-0.2, 0) is 0 Å². The van der Waals surface area contributed by atoms with Crippen molar-refractivity contribution in [3.63, 3.8) is 0 Å². The van der Waals surface area contributed by atoms with E-state index in [0.29, 0.717) is 51.6 Å². The van der Waals surface area contributed by atoms with Gasteiger partial charge in [-0.25, -0.2) is 0 Å². The minimum Gasteiger partial charge on any atom is -0.486 e. The fourth-order valence-corrected chi connectivity index (χ4v) is 3.70. The molecule has 0 atom stereocenters. The number of rotatable bonds is 4. The molecule has 3 aromatic carbocycles. The van der Waals surface area contributed by atoms with Crippen molar-refractivity contribution >= 4 is 49.2 Å². The predicted octanol–water partition coefficient (Wildman–Crippen LogP) is 5.47. The van der Waals surface area contributed by atoms with Gasteiger partial charge in [-0.05, 0) is 58.4 Å². The lowest BCUT2D eigenvalue weighted by Gasteiger charge is -2.21. The third-order valence-corrected chi connectivity index (χ3v) is 5.62. The van der Waals surface area contributed by atoms with Crippen LogP contribution >= 0.6 is 31.9 Å². The van der Waals surface area contributed by atoms with Crippen LogP contribution in [0.3, 0.4) is 0 Å². The maximum atomic E-state index is 13.2. The summed E-state index contributed by atoms with van der Waals surface area (Å²) in [6, 6.07) is 17.4. The van der Waals surface area contributed by atoms with Gasteiger partial charge in [0.25, 0.3) is 5.91 Å². The minimum absolute atomic E-state index is 0.225. The van der Waals surface area contributed by atoms with Gasteiger partial charge in [0.1, 0.15) is 13.2 Å². The van der Waals surface area contributed by atoms with Crippen LogP contribution in [0.15, 0.2) is 69.6 Å². The second-order valence-corrected chi connectivity index (χ2v) is 8.08. The molecule has 0 aromatic heterocycles. The summed E-state index contributed by atoms with van der Waals surface area (Å²) in [7, 11) is 0.